The topological polar surface area (TPSA) is 80.5 Å². The average Bonchev–Trinajstić information content (AvgIpc) is 2.41. The smallest absolute Gasteiger partial charge is 0.245 e. The van der Waals surface area contributed by atoms with Gasteiger partial charge in [0.25, 0.3) is 0 Å². The van der Waals surface area contributed by atoms with E-state index in [2.05, 4.69) is 10.3 Å². The van der Waals surface area contributed by atoms with Crippen molar-refractivity contribution < 1.29 is 9.53 Å². The molecule has 0 radical (unpaired) electrons. The summed E-state index contributed by atoms with van der Waals surface area (Å²) in [5.74, 6) is 0.736. The number of carbonyl (C=O) groups excluding carboxylic acids is 1. The molecule has 1 aliphatic rings. The number of aryl methyl sites for hydroxylation is 1. The number of hydrogen-bond acceptors (Lipinski definition) is 5. The van der Waals surface area contributed by atoms with Crippen molar-refractivity contribution in [3.63, 3.8) is 0 Å². The fraction of sp³-hybridized carbons (Fsp3) is 0.571. The van der Waals surface area contributed by atoms with Crippen LogP contribution in [-0.2, 0) is 9.53 Å². The van der Waals surface area contributed by atoms with Crippen LogP contribution in [-0.4, -0.2) is 42.7 Å². The maximum absolute atomic E-state index is 12.3. The molecule has 0 aromatic carbocycles. The van der Waals surface area contributed by atoms with Crippen molar-refractivity contribution in [1.29, 1.82) is 0 Å². The minimum atomic E-state index is -0.346. The minimum absolute atomic E-state index is 0.0315. The molecule has 110 valence electrons. The van der Waals surface area contributed by atoms with Gasteiger partial charge >= 0.3 is 0 Å². The number of nitrogen functional groups attached to an aromatic ring is 1. The Hall–Kier alpha value is -1.82. The molecule has 2 rings (SSSR count). The molecular weight excluding hydrogens is 256 g/mol. The summed E-state index contributed by atoms with van der Waals surface area (Å²) in [4.78, 5) is 18.6. The zero-order chi connectivity index (χ0) is 14.7. The SMILES string of the molecule is Cc1cc(N2CCOCC2C(=O)NC(C)C)ncc1N. The van der Waals surface area contributed by atoms with Crippen LogP contribution in [0.4, 0.5) is 11.5 Å². The quantitative estimate of drug-likeness (QED) is 0.851. The number of aromatic nitrogens is 1. The van der Waals surface area contributed by atoms with Gasteiger partial charge in [-0.1, -0.05) is 0 Å². The van der Waals surface area contributed by atoms with Crippen molar-refractivity contribution in [2.75, 3.05) is 30.4 Å². The van der Waals surface area contributed by atoms with E-state index in [4.69, 9.17) is 10.5 Å². The van der Waals surface area contributed by atoms with Gasteiger partial charge in [0.2, 0.25) is 5.91 Å². The Morgan fingerprint density at radius 3 is 3.00 bits per heavy atom. The van der Waals surface area contributed by atoms with E-state index in [0.29, 0.717) is 25.4 Å². The molecule has 1 aliphatic heterocycles. The van der Waals surface area contributed by atoms with Gasteiger partial charge in [-0.15, -0.1) is 0 Å². The summed E-state index contributed by atoms with van der Waals surface area (Å²) < 4.78 is 5.44. The number of ether oxygens (including phenoxy) is 1. The number of nitrogens with one attached hydrogen (secondary N) is 1. The van der Waals surface area contributed by atoms with Crippen LogP contribution in [0.5, 0.6) is 0 Å². The number of pyridine rings is 1. The third-order valence-corrected chi connectivity index (χ3v) is 3.29. The number of rotatable bonds is 3. The molecule has 1 unspecified atom stereocenters. The first-order valence-corrected chi connectivity index (χ1v) is 6.86. The molecule has 3 N–H and O–H groups in total. The number of amides is 1. The fourth-order valence-electron chi connectivity index (χ4n) is 2.18. The Bertz CT molecular complexity index is 490. The van der Waals surface area contributed by atoms with E-state index in [9.17, 15) is 4.79 Å². The molecule has 1 amide bonds. The van der Waals surface area contributed by atoms with Crippen LogP contribution in [0.2, 0.25) is 0 Å². The summed E-state index contributed by atoms with van der Waals surface area (Å²) in [6.07, 6.45) is 1.64. The van der Waals surface area contributed by atoms with E-state index in [0.717, 1.165) is 11.4 Å². The summed E-state index contributed by atoms with van der Waals surface area (Å²) in [5, 5.41) is 2.93. The highest BCUT2D eigenvalue weighted by atomic mass is 16.5. The standard InChI is InChI=1S/C14H22N4O2/c1-9(2)17-14(19)12-8-20-5-4-18(12)13-6-10(3)11(15)7-16-13/h6-7,9,12H,4-5,8,15H2,1-3H3,(H,17,19). The molecule has 1 aromatic rings. The van der Waals surface area contributed by atoms with Crippen LogP contribution < -0.4 is 16.0 Å². The second-order valence-corrected chi connectivity index (χ2v) is 5.35. The minimum Gasteiger partial charge on any atom is -0.397 e. The molecular formula is C14H22N4O2. The van der Waals surface area contributed by atoms with Gasteiger partial charge < -0.3 is 20.7 Å². The van der Waals surface area contributed by atoms with Crippen LogP contribution >= 0.6 is 0 Å². The van der Waals surface area contributed by atoms with E-state index in [-0.39, 0.29) is 18.0 Å². The molecule has 20 heavy (non-hydrogen) atoms. The molecule has 1 fully saturated rings. The predicted molar refractivity (Wildman–Crippen MR) is 78.6 cm³/mol. The number of nitrogens with two attached hydrogens (primary N) is 1. The van der Waals surface area contributed by atoms with E-state index < -0.39 is 0 Å². The lowest BCUT2D eigenvalue weighted by molar-refractivity contribution is -0.125. The summed E-state index contributed by atoms with van der Waals surface area (Å²) >= 11 is 0. The molecule has 6 heteroatoms. The summed E-state index contributed by atoms with van der Waals surface area (Å²) in [6, 6.07) is 1.67. The Kier molecular flexibility index (Phi) is 4.44. The predicted octanol–water partition coefficient (Wildman–Crippen LogP) is 0.702. The van der Waals surface area contributed by atoms with Gasteiger partial charge in [0.1, 0.15) is 11.9 Å². The van der Waals surface area contributed by atoms with Crippen molar-refractivity contribution in [2.24, 2.45) is 0 Å². The molecule has 1 atom stereocenters. The Balaban J connectivity index is 2.21. The monoisotopic (exact) mass is 278 g/mol. The molecule has 6 nitrogen and oxygen atoms in total. The highest BCUT2D eigenvalue weighted by molar-refractivity contribution is 5.85. The lowest BCUT2D eigenvalue weighted by Crippen LogP contribution is -2.55. The fourth-order valence-corrected chi connectivity index (χ4v) is 2.18. The van der Waals surface area contributed by atoms with Gasteiger partial charge in [-0.3, -0.25) is 4.79 Å². The second-order valence-electron chi connectivity index (χ2n) is 5.35. The first-order valence-electron chi connectivity index (χ1n) is 6.86. The second kappa shape index (κ2) is 6.09. The molecule has 0 bridgehead atoms. The number of hydrogen-bond donors (Lipinski definition) is 2. The first-order chi connectivity index (χ1) is 9.49. The first kappa shape index (κ1) is 14.6. The maximum Gasteiger partial charge on any atom is 0.245 e. The highest BCUT2D eigenvalue weighted by Crippen LogP contribution is 2.21. The Morgan fingerprint density at radius 2 is 2.35 bits per heavy atom. The number of morpholine rings is 1. The van der Waals surface area contributed by atoms with Crippen LogP contribution in [0.1, 0.15) is 19.4 Å². The van der Waals surface area contributed by atoms with Crippen LogP contribution in [0.25, 0.3) is 0 Å². The molecule has 1 aromatic heterocycles. The molecule has 2 heterocycles. The van der Waals surface area contributed by atoms with Gasteiger partial charge in [-0.05, 0) is 32.4 Å². The Morgan fingerprint density at radius 1 is 1.60 bits per heavy atom. The van der Waals surface area contributed by atoms with E-state index >= 15 is 0 Å². The van der Waals surface area contributed by atoms with Crippen LogP contribution in [0, 0.1) is 6.92 Å². The van der Waals surface area contributed by atoms with Crippen molar-refractivity contribution in [1.82, 2.24) is 10.3 Å². The van der Waals surface area contributed by atoms with Crippen molar-refractivity contribution >= 4 is 17.4 Å². The van der Waals surface area contributed by atoms with E-state index in [1.165, 1.54) is 0 Å². The summed E-state index contributed by atoms with van der Waals surface area (Å²) in [5.41, 5.74) is 7.41. The third kappa shape index (κ3) is 3.19. The number of carbonyl (C=O) groups is 1. The van der Waals surface area contributed by atoms with Crippen molar-refractivity contribution in [3.05, 3.63) is 17.8 Å². The van der Waals surface area contributed by atoms with Gasteiger partial charge in [-0.2, -0.15) is 0 Å². The van der Waals surface area contributed by atoms with E-state index in [1.54, 1.807) is 6.20 Å². The van der Waals surface area contributed by atoms with Crippen LogP contribution in [0.15, 0.2) is 12.3 Å². The molecule has 0 aliphatic carbocycles. The van der Waals surface area contributed by atoms with Gasteiger partial charge in [0, 0.05) is 12.6 Å². The number of nitrogens with zero attached hydrogens (tertiary/aromatic N) is 2. The largest absolute Gasteiger partial charge is 0.397 e. The molecule has 0 spiro atoms. The molecule has 1 saturated heterocycles. The lowest BCUT2D eigenvalue weighted by Gasteiger charge is -2.36. The van der Waals surface area contributed by atoms with Gasteiger partial charge in [0.05, 0.1) is 25.1 Å². The number of anilines is 2. The zero-order valence-corrected chi connectivity index (χ0v) is 12.2. The zero-order valence-electron chi connectivity index (χ0n) is 12.2. The van der Waals surface area contributed by atoms with Crippen LogP contribution in [0.3, 0.4) is 0 Å². The molecule has 0 saturated carbocycles. The highest BCUT2D eigenvalue weighted by Gasteiger charge is 2.30. The van der Waals surface area contributed by atoms with Crippen molar-refractivity contribution in [3.8, 4) is 0 Å². The normalized spacial score (nSPS) is 19.2. The lowest BCUT2D eigenvalue weighted by atomic mass is 10.1. The third-order valence-electron chi connectivity index (χ3n) is 3.29. The Labute approximate surface area is 119 Å². The van der Waals surface area contributed by atoms with Crippen molar-refractivity contribution in [2.45, 2.75) is 32.9 Å². The maximum atomic E-state index is 12.3. The van der Waals surface area contributed by atoms with Gasteiger partial charge in [-0.25, -0.2) is 4.98 Å². The summed E-state index contributed by atoms with van der Waals surface area (Å²) in [6.45, 7) is 7.44. The van der Waals surface area contributed by atoms with Gasteiger partial charge in [0.15, 0.2) is 0 Å². The average molecular weight is 278 g/mol. The summed E-state index contributed by atoms with van der Waals surface area (Å²) in [7, 11) is 0. The van der Waals surface area contributed by atoms with E-state index in [1.807, 2.05) is 31.7 Å².